The standard InChI is InChI=1S/C26H38N2O8/c1-13-11-28-24(33)19-15-9-10-26(2,34)18(36-25-20(27)23(32)17(29)12-35-25)6-4-3-5-14(15)7-8-16(19)22(31)21(13)30/h3-10,13-23,25,29-32,34H,11-12,27H2,1-2H3,(H,28,33)/b5-3-,6-4-,10-9+/t13-,14+,15-,16+,17+,18-,19+,20+,21+,22-,23-,25-,26+/m1/s1. The van der Waals surface area contributed by atoms with Gasteiger partial charge in [-0.2, -0.15) is 0 Å². The number of carbonyl (C=O) groups excluding carboxylic acids is 1. The van der Waals surface area contributed by atoms with Crippen LogP contribution in [0.3, 0.4) is 0 Å². The lowest BCUT2D eigenvalue weighted by molar-refractivity contribution is -0.251. The SMILES string of the molecule is C[C@@H]1CNC(=O)[C@@H]2[C@H](C=C[C@@H]3/C=C\C=C/[C@@H](O[C@H]4OC[C@H](O)[C@@H](O)[C@@H]4N)[C@@](C)(O)/C=C/[C@@H]23)[C@@H](O)[C@H]1O. The van der Waals surface area contributed by atoms with Crippen LogP contribution in [0, 0.1) is 29.6 Å². The molecule has 0 aromatic heterocycles. The van der Waals surface area contributed by atoms with E-state index in [-0.39, 0.29) is 30.9 Å². The van der Waals surface area contributed by atoms with Gasteiger partial charge in [-0.25, -0.2) is 0 Å². The van der Waals surface area contributed by atoms with Crippen molar-refractivity contribution in [3.63, 3.8) is 0 Å². The lowest BCUT2D eigenvalue weighted by Gasteiger charge is -2.43. The van der Waals surface area contributed by atoms with Crippen LogP contribution in [0.5, 0.6) is 0 Å². The number of rotatable bonds is 2. The smallest absolute Gasteiger partial charge is 0.224 e. The van der Waals surface area contributed by atoms with E-state index in [1.54, 1.807) is 50.3 Å². The fraction of sp³-hybridized carbons (Fsp3) is 0.654. The lowest BCUT2D eigenvalue weighted by Crippen LogP contribution is -2.59. The molecule has 0 aromatic rings. The van der Waals surface area contributed by atoms with Crippen LogP contribution < -0.4 is 11.1 Å². The molecule has 36 heavy (non-hydrogen) atoms. The molecule has 1 amide bonds. The summed E-state index contributed by atoms with van der Waals surface area (Å²) in [4.78, 5) is 13.2. The Labute approximate surface area is 210 Å². The molecular formula is C26H38N2O8. The average molecular weight is 507 g/mol. The van der Waals surface area contributed by atoms with Crippen molar-refractivity contribution >= 4 is 5.91 Å². The van der Waals surface area contributed by atoms with Crippen molar-refractivity contribution in [2.24, 2.45) is 35.3 Å². The number of fused-ring (bicyclic) bond motifs is 3. The number of nitrogens with two attached hydrogens (primary N) is 1. The van der Waals surface area contributed by atoms with Gasteiger partial charge in [-0.05, 0) is 12.8 Å². The van der Waals surface area contributed by atoms with Gasteiger partial charge in [0, 0.05) is 24.3 Å². The lowest BCUT2D eigenvalue weighted by atomic mass is 9.65. The first-order chi connectivity index (χ1) is 17.0. The first-order valence-corrected chi connectivity index (χ1v) is 12.5. The molecule has 2 aliphatic carbocycles. The fourth-order valence-electron chi connectivity index (χ4n) is 5.41. The van der Waals surface area contributed by atoms with Crippen LogP contribution in [0.2, 0.25) is 0 Å². The summed E-state index contributed by atoms with van der Waals surface area (Å²) >= 11 is 0. The molecule has 0 bridgehead atoms. The predicted octanol–water partition coefficient (Wildman–Crippen LogP) is -1.27. The van der Waals surface area contributed by atoms with E-state index in [0.717, 1.165) is 0 Å². The normalized spacial score (nSPS) is 52.1. The number of allylic oxidation sites excluding steroid dienone is 5. The van der Waals surface area contributed by atoms with Crippen molar-refractivity contribution in [2.75, 3.05) is 13.2 Å². The second-order valence-electron chi connectivity index (χ2n) is 10.6. The summed E-state index contributed by atoms with van der Waals surface area (Å²) < 4.78 is 11.4. The number of aliphatic hydroxyl groups excluding tert-OH is 4. The first-order valence-electron chi connectivity index (χ1n) is 12.5. The Morgan fingerprint density at radius 1 is 1.03 bits per heavy atom. The summed E-state index contributed by atoms with van der Waals surface area (Å²) in [5.74, 6) is -2.37. The maximum Gasteiger partial charge on any atom is 0.224 e. The van der Waals surface area contributed by atoms with Crippen LogP contribution in [-0.4, -0.2) is 93.0 Å². The molecular weight excluding hydrogens is 468 g/mol. The van der Waals surface area contributed by atoms with Crippen molar-refractivity contribution < 1.29 is 39.8 Å². The first kappa shape index (κ1) is 27.2. The zero-order chi connectivity index (χ0) is 26.2. The molecule has 4 rings (SSSR count). The largest absolute Gasteiger partial charge is 0.390 e. The van der Waals surface area contributed by atoms with Crippen molar-refractivity contribution in [2.45, 2.75) is 62.3 Å². The highest BCUT2D eigenvalue weighted by Crippen LogP contribution is 2.41. The van der Waals surface area contributed by atoms with Gasteiger partial charge in [0.05, 0.1) is 30.8 Å². The van der Waals surface area contributed by atoms with Gasteiger partial charge in [0.2, 0.25) is 5.91 Å². The Kier molecular flexibility index (Phi) is 8.18. The highest BCUT2D eigenvalue weighted by Gasteiger charge is 2.46. The third kappa shape index (κ3) is 5.36. The van der Waals surface area contributed by atoms with Crippen LogP contribution >= 0.6 is 0 Å². The summed E-state index contributed by atoms with van der Waals surface area (Å²) in [6.07, 6.45) is 7.68. The Balaban J connectivity index is 1.63. The Morgan fingerprint density at radius 2 is 1.75 bits per heavy atom. The number of nitrogens with one attached hydrogen (secondary N) is 1. The van der Waals surface area contributed by atoms with E-state index in [1.165, 1.54) is 0 Å². The monoisotopic (exact) mass is 506 g/mol. The van der Waals surface area contributed by atoms with Gasteiger partial charge in [-0.1, -0.05) is 55.5 Å². The van der Waals surface area contributed by atoms with E-state index >= 15 is 0 Å². The predicted molar refractivity (Wildman–Crippen MR) is 130 cm³/mol. The summed E-state index contributed by atoms with van der Waals surface area (Å²) in [7, 11) is 0. The number of ether oxygens (including phenoxy) is 2. The molecule has 8 N–H and O–H groups in total. The summed E-state index contributed by atoms with van der Waals surface area (Å²) in [5, 5.41) is 55.6. The molecule has 10 heteroatoms. The van der Waals surface area contributed by atoms with Gasteiger partial charge >= 0.3 is 0 Å². The van der Waals surface area contributed by atoms with E-state index in [9.17, 15) is 30.3 Å². The van der Waals surface area contributed by atoms with Crippen LogP contribution in [0.4, 0.5) is 0 Å². The van der Waals surface area contributed by atoms with Gasteiger partial charge in [0.25, 0.3) is 0 Å². The molecule has 13 atom stereocenters. The molecule has 0 radical (unpaired) electrons. The molecule has 2 fully saturated rings. The highest BCUT2D eigenvalue weighted by molar-refractivity contribution is 5.80. The quantitative estimate of drug-likeness (QED) is 0.225. The van der Waals surface area contributed by atoms with Crippen molar-refractivity contribution in [3.8, 4) is 0 Å². The molecule has 4 aliphatic rings. The van der Waals surface area contributed by atoms with E-state index in [0.29, 0.717) is 0 Å². The van der Waals surface area contributed by atoms with Gasteiger partial charge in [0.15, 0.2) is 6.29 Å². The van der Waals surface area contributed by atoms with Crippen LogP contribution in [0.25, 0.3) is 0 Å². The van der Waals surface area contributed by atoms with Gasteiger partial charge in [-0.15, -0.1) is 0 Å². The van der Waals surface area contributed by atoms with E-state index < -0.39 is 66.2 Å². The van der Waals surface area contributed by atoms with Gasteiger partial charge in [0.1, 0.15) is 23.9 Å². The maximum absolute atomic E-state index is 13.2. The average Bonchev–Trinajstić information content (AvgIpc) is 2.85. The van der Waals surface area contributed by atoms with Crippen LogP contribution in [0.15, 0.2) is 48.6 Å². The van der Waals surface area contributed by atoms with Crippen LogP contribution in [0.1, 0.15) is 13.8 Å². The summed E-state index contributed by atoms with van der Waals surface area (Å²) in [5.41, 5.74) is 4.43. The maximum atomic E-state index is 13.2. The zero-order valence-electron chi connectivity index (χ0n) is 20.5. The minimum atomic E-state index is -1.56. The highest BCUT2D eigenvalue weighted by atomic mass is 16.7. The Bertz CT molecular complexity index is 918. The second-order valence-corrected chi connectivity index (χ2v) is 10.6. The Hall–Kier alpha value is -1.89. The molecule has 0 spiro atoms. The molecule has 2 heterocycles. The third-order valence-corrected chi connectivity index (χ3v) is 7.83. The van der Waals surface area contributed by atoms with E-state index in [1.807, 2.05) is 12.2 Å². The van der Waals surface area contributed by atoms with Crippen molar-refractivity contribution in [1.82, 2.24) is 5.32 Å². The minimum absolute atomic E-state index is 0.158. The third-order valence-electron chi connectivity index (χ3n) is 7.83. The Morgan fingerprint density at radius 3 is 2.50 bits per heavy atom. The molecule has 2 aliphatic heterocycles. The number of amides is 1. The molecule has 0 aromatic carbocycles. The number of carbonyl (C=O) groups is 1. The number of hydrogen-bond acceptors (Lipinski definition) is 9. The zero-order valence-corrected chi connectivity index (χ0v) is 20.5. The van der Waals surface area contributed by atoms with Gasteiger partial charge < -0.3 is 46.1 Å². The van der Waals surface area contributed by atoms with Crippen molar-refractivity contribution in [1.29, 1.82) is 0 Å². The molecule has 0 unspecified atom stereocenters. The van der Waals surface area contributed by atoms with Crippen LogP contribution in [-0.2, 0) is 14.3 Å². The van der Waals surface area contributed by atoms with Crippen molar-refractivity contribution in [3.05, 3.63) is 48.6 Å². The summed E-state index contributed by atoms with van der Waals surface area (Å²) in [6, 6.07) is -1.02. The number of hydrogen-bond donors (Lipinski definition) is 7. The number of aliphatic hydroxyl groups is 5. The van der Waals surface area contributed by atoms with E-state index in [2.05, 4.69) is 5.32 Å². The summed E-state index contributed by atoms with van der Waals surface area (Å²) in [6.45, 7) is 3.42. The molecule has 10 nitrogen and oxygen atoms in total. The second kappa shape index (κ2) is 10.8. The topological polar surface area (TPSA) is 175 Å². The molecule has 200 valence electrons. The minimum Gasteiger partial charge on any atom is -0.390 e. The van der Waals surface area contributed by atoms with E-state index in [4.69, 9.17) is 15.2 Å². The molecule has 2 saturated heterocycles. The van der Waals surface area contributed by atoms with Gasteiger partial charge in [-0.3, -0.25) is 4.79 Å². The fourth-order valence-corrected chi connectivity index (χ4v) is 5.41. The molecule has 0 saturated carbocycles.